The summed E-state index contributed by atoms with van der Waals surface area (Å²) in [7, 11) is 3.54. The van der Waals surface area contributed by atoms with E-state index in [2.05, 4.69) is 10.3 Å². The van der Waals surface area contributed by atoms with Gasteiger partial charge in [0.1, 0.15) is 0 Å². The Morgan fingerprint density at radius 3 is 2.38 bits per heavy atom. The summed E-state index contributed by atoms with van der Waals surface area (Å²) in [5.41, 5.74) is 1.51. The number of carbonyl (C=O) groups excluding carboxylic acids is 1. The maximum absolute atomic E-state index is 11.6. The third-order valence-corrected chi connectivity index (χ3v) is 2.22. The second-order valence-electron chi connectivity index (χ2n) is 3.64. The zero-order valence-corrected chi connectivity index (χ0v) is 9.21. The van der Waals surface area contributed by atoms with Crippen molar-refractivity contribution in [3.05, 3.63) is 42.1 Å². The molecule has 4 nitrogen and oxygen atoms in total. The molecule has 1 aliphatic heterocycles. The normalized spacial score (nSPS) is 15.0. The van der Waals surface area contributed by atoms with E-state index in [1.807, 2.05) is 30.3 Å². The molecule has 0 aliphatic carbocycles. The average molecular weight is 214 g/mol. The third kappa shape index (κ3) is 1.95. The lowest BCUT2D eigenvalue weighted by molar-refractivity contribution is -0.114. The number of aliphatic imine (C=N–C) groups is 1. The van der Waals surface area contributed by atoms with Gasteiger partial charge in [0.05, 0.1) is 11.9 Å². The summed E-state index contributed by atoms with van der Waals surface area (Å²) >= 11 is 0. The molecule has 81 valence electrons. The summed E-state index contributed by atoms with van der Waals surface area (Å²) in [4.78, 5) is 17.4. The summed E-state index contributed by atoms with van der Waals surface area (Å²) in [6.45, 7) is 0. The number of amides is 1. The number of hydrogen-bond donors (Lipinski definition) is 0. The standard InChI is InChI=1S/C12H12N3O/c1-15(2)11-12(16)14-10(8-13-11)9-6-4-3-5-7-9/h3-8H,1-2H3. The minimum absolute atomic E-state index is 0.300. The minimum Gasteiger partial charge on any atom is -0.358 e. The van der Waals surface area contributed by atoms with Gasteiger partial charge in [-0.25, -0.2) is 10.3 Å². The van der Waals surface area contributed by atoms with Crippen molar-refractivity contribution in [1.29, 1.82) is 0 Å². The fraction of sp³-hybridized carbons (Fsp3) is 0.167. The summed E-state index contributed by atoms with van der Waals surface area (Å²) in [5, 5.41) is 4.00. The number of carbonyl (C=O) groups is 1. The number of rotatable bonds is 1. The SMILES string of the molecule is CN(C)C1=NC=C(c2ccccc2)[N]C1=O. The molecule has 0 bridgehead atoms. The first kappa shape index (κ1) is 10.4. The molecule has 2 rings (SSSR count). The van der Waals surface area contributed by atoms with Crippen LogP contribution in [0.2, 0.25) is 0 Å². The quantitative estimate of drug-likeness (QED) is 0.702. The minimum atomic E-state index is -0.300. The van der Waals surface area contributed by atoms with Crippen LogP contribution in [0.15, 0.2) is 41.5 Å². The fourth-order valence-electron chi connectivity index (χ4n) is 1.42. The molecule has 1 aromatic carbocycles. The van der Waals surface area contributed by atoms with Gasteiger partial charge in [0.25, 0.3) is 0 Å². The van der Waals surface area contributed by atoms with E-state index in [1.54, 1.807) is 25.2 Å². The molecular formula is C12H12N3O. The van der Waals surface area contributed by atoms with Gasteiger partial charge >= 0.3 is 5.91 Å². The molecule has 0 unspecified atom stereocenters. The van der Waals surface area contributed by atoms with Gasteiger partial charge in [0, 0.05) is 19.7 Å². The van der Waals surface area contributed by atoms with E-state index < -0.39 is 0 Å². The van der Waals surface area contributed by atoms with Crippen LogP contribution in [0.3, 0.4) is 0 Å². The highest BCUT2D eigenvalue weighted by Gasteiger charge is 2.20. The van der Waals surface area contributed by atoms with E-state index >= 15 is 0 Å². The van der Waals surface area contributed by atoms with E-state index in [9.17, 15) is 4.79 Å². The first-order chi connectivity index (χ1) is 7.68. The van der Waals surface area contributed by atoms with Gasteiger partial charge in [-0.05, 0) is 0 Å². The molecule has 0 atom stereocenters. The van der Waals surface area contributed by atoms with Crippen molar-refractivity contribution >= 4 is 17.4 Å². The van der Waals surface area contributed by atoms with Crippen LogP contribution in [0.5, 0.6) is 0 Å². The Morgan fingerprint density at radius 1 is 1.12 bits per heavy atom. The van der Waals surface area contributed by atoms with Gasteiger partial charge in [0.15, 0.2) is 5.84 Å². The maximum atomic E-state index is 11.6. The largest absolute Gasteiger partial charge is 0.358 e. The van der Waals surface area contributed by atoms with Crippen LogP contribution in [-0.4, -0.2) is 30.7 Å². The second kappa shape index (κ2) is 4.18. The molecule has 1 aliphatic rings. The molecule has 4 heteroatoms. The Kier molecular flexibility index (Phi) is 2.72. The molecule has 1 amide bonds. The van der Waals surface area contributed by atoms with Crippen LogP contribution in [0.1, 0.15) is 5.56 Å². The molecule has 16 heavy (non-hydrogen) atoms. The zero-order valence-electron chi connectivity index (χ0n) is 9.21. The molecule has 1 radical (unpaired) electrons. The lowest BCUT2D eigenvalue weighted by Crippen LogP contribution is -2.36. The summed E-state index contributed by atoms with van der Waals surface area (Å²) in [6.07, 6.45) is 1.62. The van der Waals surface area contributed by atoms with Crippen LogP contribution in [0, 0.1) is 0 Å². The number of amidine groups is 1. The number of benzene rings is 1. The van der Waals surface area contributed by atoms with Gasteiger partial charge in [-0.15, -0.1) is 0 Å². The third-order valence-electron chi connectivity index (χ3n) is 2.22. The second-order valence-corrected chi connectivity index (χ2v) is 3.64. The smallest absolute Gasteiger partial charge is 0.313 e. The monoisotopic (exact) mass is 214 g/mol. The number of likely N-dealkylation sites (N-methyl/N-ethyl adjacent to an activating group) is 1. The average Bonchev–Trinajstić information content (AvgIpc) is 2.29. The Hall–Kier alpha value is -2.10. The van der Waals surface area contributed by atoms with E-state index in [-0.39, 0.29) is 5.91 Å². The molecule has 0 spiro atoms. The van der Waals surface area contributed by atoms with Crippen molar-refractivity contribution in [2.24, 2.45) is 4.99 Å². The zero-order chi connectivity index (χ0) is 11.5. The van der Waals surface area contributed by atoms with E-state index in [0.717, 1.165) is 5.56 Å². The Labute approximate surface area is 94.3 Å². The molecule has 0 saturated carbocycles. The molecule has 1 aromatic rings. The van der Waals surface area contributed by atoms with Crippen LogP contribution in [-0.2, 0) is 4.79 Å². The number of hydrogen-bond acceptors (Lipinski definition) is 3. The lowest BCUT2D eigenvalue weighted by Gasteiger charge is -2.17. The molecule has 0 aromatic heterocycles. The van der Waals surface area contributed by atoms with E-state index in [4.69, 9.17) is 0 Å². The van der Waals surface area contributed by atoms with Crippen molar-refractivity contribution in [2.45, 2.75) is 0 Å². The topological polar surface area (TPSA) is 46.8 Å². The van der Waals surface area contributed by atoms with Crippen LogP contribution >= 0.6 is 0 Å². The van der Waals surface area contributed by atoms with Crippen molar-refractivity contribution in [3.63, 3.8) is 0 Å². The van der Waals surface area contributed by atoms with E-state index in [1.165, 1.54) is 0 Å². The Morgan fingerprint density at radius 2 is 1.81 bits per heavy atom. The van der Waals surface area contributed by atoms with Gasteiger partial charge in [-0.1, -0.05) is 30.3 Å². The molecule has 0 fully saturated rings. The van der Waals surface area contributed by atoms with Crippen LogP contribution < -0.4 is 5.32 Å². The first-order valence-corrected chi connectivity index (χ1v) is 4.95. The first-order valence-electron chi connectivity index (χ1n) is 4.95. The highest BCUT2D eigenvalue weighted by atomic mass is 16.2. The predicted octanol–water partition coefficient (Wildman–Crippen LogP) is 1.09. The number of nitrogens with zero attached hydrogens (tertiary/aromatic N) is 3. The van der Waals surface area contributed by atoms with Gasteiger partial charge in [-0.2, -0.15) is 0 Å². The molecule has 0 N–H and O–H groups in total. The summed E-state index contributed by atoms with van der Waals surface area (Å²) in [5.74, 6) is 0.0611. The van der Waals surface area contributed by atoms with Crippen molar-refractivity contribution in [2.75, 3.05) is 14.1 Å². The van der Waals surface area contributed by atoms with E-state index in [0.29, 0.717) is 11.5 Å². The van der Waals surface area contributed by atoms with Gasteiger partial charge in [0.2, 0.25) is 0 Å². The Balaban J connectivity index is 2.31. The summed E-state index contributed by atoms with van der Waals surface area (Å²) in [6, 6.07) is 9.53. The van der Waals surface area contributed by atoms with Gasteiger partial charge in [-0.3, -0.25) is 4.79 Å². The maximum Gasteiger partial charge on any atom is 0.313 e. The van der Waals surface area contributed by atoms with Crippen molar-refractivity contribution in [1.82, 2.24) is 10.2 Å². The predicted molar refractivity (Wildman–Crippen MR) is 62.7 cm³/mol. The molecule has 0 saturated heterocycles. The van der Waals surface area contributed by atoms with Crippen LogP contribution in [0.25, 0.3) is 5.70 Å². The highest BCUT2D eigenvalue weighted by molar-refractivity contribution is 6.39. The van der Waals surface area contributed by atoms with Crippen LogP contribution in [0.4, 0.5) is 0 Å². The fourth-order valence-corrected chi connectivity index (χ4v) is 1.42. The molecule has 1 heterocycles. The lowest BCUT2D eigenvalue weighted by atomic mass is 10.1. The summed E-state index contributed by atoms with van der Waals surface area (Å²) < 4.78 is 0. The van der Waals surface area contributed by atoms with Crippen molar-refractivity contribution < 1.29 is 4.79 Å². The van der Waals surface area contributed by atoms with Gasteiger partial charge < -0.3 is 4.90 Å². The highest BCUT2D eigenvalue weighted by Crippen LogP contribution is 2.15. The molecular weight excluding hydrogens is 202 g/mol. The van der Waals surface area contributed by atoms with Crippen molar-refractivity contribution in [3.8, 4) is 0 Å². The Bertz CT molecular complexity index is 460.